The first-order valence-corrected chi connectivity index (χ1v) is 9.13. The lowest BCUT2D eigenvalue weighted by atomic mass is 10.0. The van der Waals surface area contributed by atoms with Crippen molar-refractivity contribution in [2.24, 2.45) is 4.99 Å². The highest BCUT2D eigenvalue weighted by atomic mass is 127. The summed E-state index contributed by atoms with van der Waals surface area (Å²) >= 11 is 1.81. The number of aromatic nitrogens is 2. The first-order valence-electron chi connectivity index (χ1n) is 7.98. The van der Waals surface area contributed by atoms with Gasteiger partial charge in [0.15, 0.2) is 5.96 Å². The Labute approximate surface area is 164 Å². The predicted octanol–water partition coefficient (Wildman–Crippen LogP) is 0.660. The first-order chi connectivity index (χ1) is 11.2. The van der Waals surface area contributed by atoms with E-state index in [1.54, 1.807) is 19.4 Å². The third-order valence-electron chi connectivity index (χ3n) is 4.28. The highest BCUT2D eigenvalue weighted by Crippen LogP contribution is 2.27. The first kappa shape index (κ1) is 19.5. The van der Waals surface area contributed by atoms with E-state index in [9.17, 15) is 5.11 Å². The lowest BCUT2D eigenvalue weighted by Gasteiger charge is -2.37. The smallest absolute Gasteiger partial charge is 0.225 e. The highest BCUT2D eigenvalue weighted by Gasteiger charge is 2.32. The second kappa shape index (κ2) is 9.04. The Bertz CT molecular complexity index is 532. The van der Waals surface area contributed by atoms with Crippen LogP contribution in [0.4, 0.5) is 5.95 Å². The zero-order valence-corrected chi connectivity index (χ0v) is 17.0. The van der Waals surface area contributed by atoms with Gasteiger partial charge in [-0.15, -0.1) is 24.0 Å². The number of rotatable bonds is 3. The van der Waals surface area contributed by atoms with Gasteiger partial charge in [-0.1, -0.05) is 0 Å². The number of aliphatic hydroxyl groups is 1. The van der Waals surface area contributed by atoms with Gasteiger partial charge in [0.25, 0.3) is 0 Å². The molecule has 7 nitrogen and oxygen atoms in total. The van der Waals surface area contributed by atoms with E-state index < -0.39 is 5.60 Å². The lowest BCUT2D eigenvalue weighted by molar-refractivity contribution is 0.0716. The van der Waals surface area contributed by atoms with E-state index in [2.05, 4.69) is 30.1 Å². The van der Waals surface area contributed by atoms with Crippen LogP contribution in [0.2, 0.25) is 0 Å². The molecule has 0 amide bonds. The van der Waals surface area contributed by atoms with Crippen LogP contribution in [0, 0.1) is 0 Å². The molecule has 0 saturated carbocycles. The fourth-order valence-electron chi connectivity index (χ4n) is 2.88. The average molecular weight is 464 g/mol. The molecule has 3 heterocycles. The standard InChI is InChI=1S/C15H24N6OS.HI/c1-16-13(19-11-15(22)3-10-23-12-15)20-6-8-21(9-7-20)14-17-4-2-5-18-14;/h2,4-5,22H,3,6-12H2,1H3,(H,16,19);1H. The molecule has 134 valence electrons. The van der Waals surface area contributed by atoms with Crippen molar-refractivity contribution in [2.75, 3.05) is 56.2 Å². The lowest BCUT2D eigenvalue weighted by Crippen LogP contribution is -2.55. The van der Waals surface area contributed by atoms with Crippen molar-refractivity contribution in [2.45, 2.75) is 12.0 Å². The Balaban J connectivity index is 0.00000208. The number of thioether (sulfide) groups is 1. The molecule has 2 saturated heterocycles. The minimum absolute atomic E-state index is 0. The molecule has 1 aromatic rings. The maximum absolute atomic E-state index is 10.4. The van der Waals surface area contributed by atoms with Gasteiger partial charge in [0, 0.05) is 57.9 Å². The van der Waals surface area contributed by atoms with E-state index >= 15 is 0 Å². The summed E-state index contributed by atoms with van der Waals surface area (Å²) in [7, 11) is 1.79. The quantitative estimate of drug-likeness (QED) is 0.387. The van der Waals surface area contributed by atoms with Crippen molar-refractivity contribution in [1.29, 1.82) is 0 Å². The molecular formula is C15H25IN6OS. The molecule has 0 radical (unpaired) electrons. The number of anilines is 1. The normalized spacial score (nSPS) is 24.7. The summed E-state index contributed by atoms with van der Waals surface area (Å²) in [6.07, 6.45) is 4.39. The topological polar surface area (TPSA) is 76.9 Å². The minimum atomic E-state index is -0.597. The predicted molar refractivity (Wildman–Crippen MR) is 109 cm³/mol. The van der Waals surface area contributed by atoms with Crippen molar-refractivity contribution in [3.05, 3.63) is 18.5 Å². The van der Waals surface area contributed by atoms with Crippen molar-refractivity contribution in [1.82, 2.24) is 20.2 Å². The van der Waals surface area contributed by atoms with E-state index in [-0.39, 0.29) is 24.0 Å². The number of piperazine rings is 1. The number of nitrogens with one attached hydrogen (secondary N) is 1. The van der Waals surface area contributed by atoms with Crippen LogP contribution in [0.1, 0.15) is 6.42 Å². The summed E-state index contributed by atoms with van der Waals surface area (Å²) in [5, 5.41) is 13.8. The number of hydrogen-bond donors (Lipinski definition) is 2. The molecule has 2 aliphatic heterocycles. The summed E-state index contributed by atoms with van der Waals surface area (Å²) in [6.45, 7) is 4.03. The van der Waals surface area contributed by atoms with Crippen LogP contribution in [0.25, 0.3) is 0 Å². The third-order valence-corrected chi connectivity index (χ3v) is 5.52. The Hall–Kier alpha value is -0.810. The molecule has 9 heteroatoms. The van der Waals surface area contributed by atoms with E-state index in [0.717, 1.165) is 56.0 Å². The highest BCUT2D eigenvalue weighted by molar-refractivity contribution is 14.0. The summed E-state index contributed by atoms with van der Waals surface area (Å²) < 4.78 is 0. The average Bonchev–Trinajstić information content (AvgIpc) is 3.04. The SMILES string of the molecule is CN=C(NCC1(O)CCSC1)N1CCN(c2ncccn2)CC1.I. The van der Waals surface area contributed by atoms with Crippen LogP contribution in [0.15, 0.2) is 23.5 Å². The fourth-order valence-corrected chi connectivity index (χ4v) is 4.18. The molecule has 0 spiro atoms. The Morgan fingerprint density at radius 3 is 2.62 bits per heavy atom. The second-order valence-electron chi connectivity index (χ2n) is 5.95. The van der Waals surface area contributed by atoms with Crippen molar-refractivity contribution >= 4 is 47.6 Å². The van der Waals surface area contributed by atoms with Gasteiger partial charge in [0.05, 0.1) is 5.60 Å². The van der Waals surface area contributed by atoms with Gasteiger partial charge in [-0.05, 0) is 18.2 Å². The number of aliphatic imine (C=N–C) groups is 1. The van der Waals surface area contributed by atoms with Crippen LogP contribution >= 0.6 is 35.7 Å². The molecule has 0 aliphatic carbocycles. The Morgan fingerprint density at radius 2 is 2.04 bits per heavy atom. The Kier molecular flexibility index (Phi) is 7.35. The number of hydrogen-bond acceptors (Lipinski definition) is 6. The molecule has 0 bridgehead atoms. The van der Waals surface area contributed by atoms with Crippen LogP contribution in [-0.4, -0.2) is 82.8 Å². The summed E-state index contributed by atoms with van der Waals surface area (Å²) in [5.74, 6) is 3.49. The van der Waals surface area contributed by atoms with Gasteiger partial charge in [-0.25, -0.2) is 9.97 Å². The van der Waals surface area contributed by atoms with Gasteiger partial charge in [0.1, 0.15) is 0 Å². The molecule has 1 aromatic heterocycles. The van der Waals surface area contributed by atoms with Crippen molar-refractivity contribution in [3.8, 4) is 0 Å². The summed E-state index contributed by atoms with van der Waals surface area (Å²) in [4.78, 5) is 17.4. The minimum Gasteiger partial charge on any atom is -0.387 e. The molecule has 2 N–H and O–H groups in total. The third kappa shape index (κ3) is 4.85. The zero-order valence-electron chi connectivity index (χ0n) is 13.9. The molecule has 2 aliphatic rings. The number of halogens is 1. The number of nitrogens with zero attached hydrogens (tertiary/aromatic N) is 5. The molecule has 3 rings (SSSR count). The van der Waals surface area contributed by atoms with Crippen LogP contribution in [-0.2, 0) is 0 Å². The van der Waals surface area contributed by atoms with Crippen molar-refractivity contribution < 1.29 is 5.11 Å². The number of guanidine groups is 1. The molecule has 0 aromatic carbocycles. The van der Waals surface area contributed by atoms with Gasteiger partial charge in [0.2, 0.25) is 5.95 Å². The molecule has 1 unspecified atom stereocenters. The van der Waals surface area contributed by atoms with Gasteiger partial charge < -0.3 is 20.2 Å². The zero-order chi connectivity index (χ0) is 16.1. The van der Waals surface area contributed by atoms with E-state index in [1.807, 2.05) is 17.8 Å². The van der Waals surface area contributed by atoms with Crippen LogP contribution < -0.4 is 10.2 Å². The van der Waals surface area contributed by atoms with Crippen LogP contribution in [0.3, 0.4) is 0 Å². The van der Waals surface area contributed by atoms with Crippen LogP contribution in [0.5, 0.6) is 0 Å². The maximum Gasteiger partial charge on any atom is 0.225 e. The molecular weight excluding hydrogens is 439 g/mol. The van der Waals surface area contributed by atoms with E-state index in [0.29, 0.717) is 6.54 Å². The van der Waals surface area contributed by atoms with Gasteiger partial charge >= 0.3 is 0 Å². The fraction of sp³-hybridized carbons (Fsp3) is 0.667. The molecule has 1 atom stereocenters. The largest absolute Gasteiger partial charge is 0.387 e. The molecule has 24 heavy (non-hydrogen) atoms. The van der Waals surface area contributed by atoms with Crippen molar-refractivity contribution in [3.63, 3.8) is 0 Å². The monoisotopic (exact) mass is 464 g/mol. The van der Waals surface area contributed by atoms with Gasteiger partial charge in [-0.3, -0.25) is 4.99 Å². The van der Waals surface area contributed by atoms with E-state index in [1.165, 1.54) is 0 Å². The Morgan fingerprint density at radius 1 is 1.33 bits per heavy atom. The summed E-state index contributed by atoms with van der Waals surface area (Å²) in [6, 6.07) is 1.83. The second-order valence-corrected chi connectivity index (χ2v) is 7.06. The summed E-state index contributed by atoms with van der Waals surface area (Å²) in [5.41, 5.74) is -0.597. The maximum atomic E-state index is 10.4. The van der Waals surface area contributed by atoms with E-state index in [4.69, 9.17) is 0 Å². The van der Waals surface area contributed by atoms with Gasteiger partial charge in [-0.2, -0.15) is 11.8 Å². The molecule has 2 fully saturated rings.